The number of thiazole rings is 1. The summed E-state index contributed by atoms with van der Waals surface area (Å²) in [6, 6.07) is 13.7. The standard InChI is InChI=1S/C18H18N2O2S/c1-3-13-7-5-9-15-17(13)20-18(23-15)19-16(21)11-22-14-8-4-6-12(2)10-14/h4-10H,3,11H2,1-2H3,(H,19,20,21). The van der Waals surface area contributed by atoms with E-state index in [1.54, 1.807) is 0 Å². The van der Waals surface area contributed by atoms with E-state index in [4.69, 9.17) is 4.74 Å². The highest BCUT2D eigenvalue weighted by atomic mass is 32.1. The van der Waals surface area contributed by atoms with E-state index in [2.05, 4.69) is 23.3 Å². The zero-order valence-corrected chi connectivity index (χ0v) is 13.9. The van der Waals surface area contributed by atoms with Gasteiger partial charge in [0.25, 0.3) is 5.91 Å². The smallest absolute Gasteiger partial charge is 0.264 e. The van der Waals surface area contributed by atoms with Gasteiger partial charge in [-0.25, -0.2) is 4.98 Å². The first-order valence-corrected chi connectivity index (χ1v) is 8.35. The van der Waals surface area contributed by atoms with E-state index in [0.717, 1.165) is 22.2 Å². The maximum absolute atomic E-state index is 12.0. The van der Waals surface area contributed by atoms with Crippen LogP contribution in [0.1, 0.15) is 18.1 Å². The minimum atomic E-state index is -0.205. The highest BCUT2D eigenvalue weighted by Crippen LogP contribution is 2.28. The van der Waals surface area contributed by atoms with Crippen molar-refractivity contribution in [1.29, 1.82) is 0 Å². The Morgan fingerprint density at radius 3 is 2.87 bits per heavy atom. The van der Waals surface area contributed by atoms with Gasteiger partial charge in [0.05, 0.1) is 10.2 Å². The van der Waals surface area contributed by atoms with Crippen LogP contribution < -0.4 is 10.1 Å². The summed E-state index contributed by atoms with van der Waals surface area (Å²) >= 11 is 1.48. The summed E-state index contributed by atoms with van der Waals surface area (Å²) in [6.45, 7) is 4.06. The van der Waals surface area contributed by atoms with E-state index in [1.165, 1.54) is 16.9 Å². The molecule has 0 aliphatic heterocycles. The number of anilines is 1. The van der Waals surface area contributed by atoms with Crippen LogP contribution >= 0.6 is 11.3 Å². The van der Waals surface area contributed by atoms with E-state index < -0.39 is 0 Å². The molecule has 23 heavy (non-hydrogen) atoms. The summed E-state index contributed by atoms with van der Waals surface area (Å²) in [5, 5.41) is 3.42. The molecule has 0 unspecified atom stereocenters. The third-order valence-electron chi connectivity index (χ3n) is 3.49. The zero-order chi connectivity index (χ0) is 16.2. The van der Waals surface area contributed by atoms with Crippen molar-refractivity contribution in [2.24, 2.45) is 0 Å². The molecule has 3 aromatic rings. The first-order valence-electron chi connectivity index (χ1n) is 7.53. The quantitative estimate of drug-likeness (QED) is 0.765. The molecule has 0 bridgehead atoms. The summed E-state index contributed by atoms with van der Waals surface area (Å²) in [5.41, 5.74) is 3.26. The molecule has 1 amide bonds. The Labute approximate surface area is 139 Å². The molecule has 0 radical (unpaired) electrons. The van der Waals surface area contributed by atoms with Gasteiger partial charge in [0.1, 0.15) is 5.75 Å². The molecule has 1 aromatic heterocycles. The number of carbonyl (C=O) groups excluding carboxylic acids is 1. The molecule has 0 fully saturated rings. The van der Waals surface area contributed by atoms with Crippen LogP contribution in [0.25, 0.3) is 10.2 Å². The Hall–Kier alpha value is -2.40. The largest absolute Gasteiger partial charge is 0.484 e. The number of hydrogen-bond acceptors (Lipinski definition) is 4. The SMILES string of the molecule is CCc1cccc2sc(NC(=O)COc3cccc(C)c3)nc12. The second-order valence-electron chi connectivity index (χ2n) is 5.29. The molecule has 3 rings (SSSR count). The molecule has 4 nitrogen and oxygen atoms in total. The number of benzene rings is 2. The Morgan fingerprint density at radius 2 is 2.09 bits per heavy atom. The van der Waals surface area contributed by atoms with Crippen LogP contribution in [0.3, 0.4) is 0 Å². The lowest BCUT2D eigenvalue weighted by Gasteiger charge is -2.06. The number of hydrogen-bond donors (Lipinski definition) is 1. The average molecular weight is 326 g/mol. The monoisotopic (exact) mass is 326 g/mol. The number of fused-ring (bicyclic) bond motifs is 1. The zero-order valence-electron chi connectivity index (χ0n) is 13.1. The molecule has 0 saturated carbocycles. The van der Waals surface area contributed by atoms with E-state index in [9.17, 15) is 4.79 Å². The molecule has 5 heteroatoms. The van der Waals surface area contributed by atoms with Gasteiger partial charge in [0, 0.05) is 0 Å². The van der Waals surface area contributed by atoms with Crippen LogP contribution in [0, 0.1) is 6.92 Å². The number of rotatable bonds is 5. The van der Waals surface area contributed by atoms with Gasteiger partial charge in [0.15, 0.2) is 11.7 Å². The van der Waals surface area contributed by atoms with Crippen LogP contribution in [0.5, 0.6) is 5.75 Å². The number of para-hydroxylation sites is 1. The molecule has 0 aliphatic carbocycles. The topological polar surface area (TPSA) is 51.2 Å². The van der Waals surface area contributed by atoms with Crippen LogP contribution in [-0.2, 0) is 11.2 Å². The molecule has 0 saturated heterocycles. The summed E-state index contributed by atoms with van der Waals surface area (Å²) in [6.07, 6.45) is 0.922. The Morgan fingerprint density at radius 1 is 1.26 bits per heavy atom. The number of aromatic nitrogens is 1. The minimum Gasteiger partial charge on any atom is -0.484 e. The van der Waals surface area contributed by atoms with Crippen molar-refractivity contribution < 1.29 is 9.53 Å². The summed E-state index contributed by atoms with van der Waals surface area (Å²) in [4.78, 5) is 16.6. The second kappa shape index (κ2) is 6.79. The third kappa shape index (κ3) is 3.68. The Balaban J connectivity index is 1.66. The van der Waals surface area contributed by atoms with Crippen molar-refractivity contribution in [3.63, 3.8) is 0 Å². The number of amides is 1. The maximum atomic E-state index is 12.0. The van der Waals surface area contributed by atoms with E-state index in [1.807, 2.05) is 43.3 Å². The van der Waals surface area contributed by atoms with E-state index in [-0.39, 0.29) is 12.5 Å². The van der Waals surface area contributed by atoms with Gasteiger partial charge in [-0.3, -0.25) is 10.1 Å². The lowest BCUT2D eigenvalue weighted by atomic mass is 10.1. The third-order valence-corrected chi connectivity index (χ3v) is 4.43. The molecule has 118 valence electrons. The lowest BCUT2D eigenvalue weighted by molar-refractivity contribution is -0.118. The fourth-order valence-electron chi connectivity index (χ4n) is 2.35. The predicted molar refractivity (Wildman–Crippen MR) is 94.3 cm³/mol. The molecule has 1 N–H and O–H groups in total. The van der Waals surface area contributed by atoms with Crippen LogP contribution in [0.4, 0.5) is 5.13 Å². The first-order chi connectivity index (χ1) is 11.2. The number of ether oxygens (including phenoxy) is 1. The van der Waals surface area contributed by atoms with Crippen molar-refractivity contribution in [2.75, 3.05) is 11.9 Å². The van der Waals surface area contributed by atoms with Gasteiger partial charge in [-0.05, 0) is 42.7 Å². The normalized spacial score (nSPS) is 10.7. The Bertz CT molecular complexity index is 842. The number of nitrogens with one attached hydrogen (secondary N) is 1. The fraction of sp³-hybridized carbons (Fsp3) is 0.222. The number of aryl methyl sites for hydroxylation is 2. The van der Waals surface area contributed by atoms with Crippen molar-refractivity contribution in [2.45, 2.75) is 20.3 Å². The predicted octanol–water partition coefficient (Wildman–Crippen LogP) is 4.18. The fourth-order valence-corrected chi connectivity index (χ4v) is 3.28. The van der Waals surface area contributed by atoms with Crippen LogP contribution in [0.15, 0.2) is 42.5 Å². The molecule has 0 spiro atoms. The molecular weight excluding hydrogens is 308 g/mol. The van der Waals surface area contributed by atoms with Crippen molar-refractivity contribution in [1.82, 2.24) is 4.98 Å². The molecule has 1 heterocycles. The summed E-state index contributed by atoms with van der Waals surface area (Å²) in [7, 11) is 0. The van der Waals surface area contributed by atoms with Crippen molar-refractivity contribution in [3.05, 3.63) is 53.6 Å². The maximum Gasteiger partial charge on any atom is 0.264 e. The lowest BCUT2D eigenvalue weighted by Crippen LogP contribution is -2.20. The van der Waals surface area contributed by atoms with Gasteiger partial charge >= 0.3 is 0 Å². The van der Waals surface area contributed by atoms with Crippen LogP contribution in [0.2, 0.25) is 0 Å². The molecular formula is C18H18N2O2S. The van der Waals surface area contributed by atoms with Gasteiger partial charge in [-0.2, -0.15) is 0 Å². The molecule has 0 aliphatic rings. The van der Waals surface area contributed by atoms with Gasteiger partial charge in [0.2, 0.25) is 0 Å². The van der Waals surface area contributed by atoms with E-state index >= 15 is 0 Å². The first kappa shape index (κ1) is 15.5. The summed E-state index contributed by atoms with van der Waals surface area (Å²) in [5.74, 6) is 0.487. The van der Waals surface area contributed by atoms with Crippen LogP contribution in [-0.4, -0.2) is 17.5 Å². The average Bonchev–Trinajstić information content (AvgIpc) is 2.95. The second-order valence-corrected chi connectivity index (χ2v) is 6.32. The van der Waals surface area contributed by atoms with Crippen molar-refractivity contribution in [3.8, 4) is 5.75 Å². The van der Waals surface area contributed by atoms with Gasteiger partial charge in [-0.15, -0.1) is 0 Å². The van der Waals surface area contributed by atoms with E-state index in [0.29, 0.717) is 10.9 Å². The number of nitrogens with zero attached hydrogens (tertiary/aromatic N) is 1. The summed E-state index contributed by atoms with van der Waals surface area (Å²) < 4.78 is 6.59. The van der Waals surface area contributed by atoms with Crippen molar-refractivity contribution >= 4 is 32.6 Å². The Kier molecular flexibility index (Phi) is 4.57. The minimum absolute atomic E-state index is 0.0278. The molecule has 2 aromatic carbocycles. The van der Waals surface area contributed by atoms with Gasteiger partial charge < -0.3 is 4.74 Å². The highest BCUT2D eigenvalue weighted by Gasteiger charge is 2.10. The molecule has 0 atom stereocenters. The van der Waals surface area contributed by atoms with Gasteiger partial charge in [-0.1, -0.05) is 42.5 Å². The highest BCUT2D eigenvalue weighted by molar-refractivity contribution is 7.22. The number of carbonyl (C=O) groups is 1.